The van der Waals surface area contributed by atoms with Crippen LogP contribution in [0.2, 0.25) is 1.43 Å². The van der Waals surface area contributed by atoms with Gasteiger partial charge in [-0.2, -0.15) is 7.85 Å². The number of hydrogen-bond acceptors (Lipinski definition) is 9. The van der Waals surface area contributed by atoms with Crippen LogP contribution in [0.1, 0.15) is 7.43 Å². The molecule has 0 aliphatic heterocycles. The molecule has 0 atom stereocenters. The number of fused-ring (bicyclic) bond motifs is 22. The molecule has 0 unspecified atom stereocenters. The van der Waals surface area contributed by atoms with Crippen molar-refractivity contribution in [2.24, 2.45) is 5.34 Å². The van der Waals surface area contributed by atoms with Gasteiger partial charge in [0, 0.05) is 14.8 Å². The Labute approximate surface area is 405 Å². The summed E-state index contributed by atoms with van der Waals surface area (Å²) in [6.07, 6.45) is 0. The van der Waals surface area contributed by atoms with Crippen LogP contribution in [0.4, 0.5) is 0 Å². The molecule has 0 saturated heterocycles. The third-order valence-corrected chi connectivity index (χ3v) is 11.2. The van der Waals surface area contributed by atoms with E-state index in [1.165, 1.54) is 108 Å². The molecule has 12 aromatic rings. The minimum absolute atomic E-state index is 0. The average molecular weight is 929 g/mol. The van der Waals surface area contributed by atoms with Gasteiger partial charge in [0.2, 0.25) is 0 Å². The lowest BCUT2D eigenvalue weighted by molar-refractivity contribution is -0.445. The molecule has 13 heteroatoms. The van der Waals surface area contributed by atoms with Gasteiger partial charge >= 0.3 is 1.43 Å². The van der Waals surface area contributed by atoms with Crippen LogP contribution in [0.25, 0.3) is 108 Å². The van der Waals surface area contributed by atoms with Gasteiger partial charge in [0.25, 0.3) is 0 Å². The summed E-state index contributed by atoms with van der Waals surface area (Å²) in [6, 6.07) is 70.5. The molecule has 0 aliphatic carbocycles. The second-order valence-electron chi connectivity index (χ2n) is 15.3. The molecular formula is C57H48BN4O8-. The van der Waals surface area contributed by atoms with Crippen molar-refractivity contribution in [2.75, 3.05) is 21.1 Å². The maximum atomic E-state index is 8.81. The van der Waals surface area contributed by atoms with Crippen molar-refractivity contribution in [3.05, 3.63) is 236 Å². The summed E-state index contributed by atoms with van der Waals surface area (Å²) in [5, 5.41) is 57.7. The molecule has 0 fully saturated rings. The van der Waals surface area contributed by atoms with E-state index in [-0.39, 0.29) is 7.43 Å². The van der Waals surface area contributed by atoms with Gasteiger partial charge in [-0.3, -0.25) is 30.3 Å². The Balaban J connectivity index is 0.000000196. The normalized spacial score (nSPS) is 10.3. The van der Waals surface area contributed by atoms with Crippen LogP contribution in [0.15, 0.2) is 199 Å². The number of rotatable bonds is 1. The first kappa shape index (κ1) is 50.3. The Morgan fingerprint density at radius 2 is 0.443 bits per heavy atom. The molecule has 12 nitrogen and oxygen atoms in total. The monoisotopic (exact) mass is 928 g/mol. The predicted molar refractivity (Wildman–Crippen MR) is 292 cm³/mol. The summed E-state index contributed by atoms with van der Waals surface area (Å²) in [4.78, 5) is 33.4. The Bertz CT molecular complexity index is 3150. The number of benzene rings is 12. The van der Waals surface area contributed by atoms with E-state index in [1.807, 2.05) is 0 Å². The summed E-state index contributed by atoms with van der Waals surface area (Å²) in [5.74, 6) is 0. The highest BCUT2D eigenvalue weighted by Crippen LogP contribution is 2.45. The van der Waals surface area contributed by atoms with Gasteiger partial charge in [0.1, 0.15) is 0 Å². The van der Waals surface area contributed by atoms with E-state index in [0.717, 1.165) is 21.1 Å². The topological polar surface area (TPSA) is 179 Å². The minimum atomic E-state index is -0.500. The van der Waals surface area contributed by atoms with Gasteiger partial charge in [-0.05, 0) is 108 Å². The summed E-state index contributed by atoms with van der Waals surface area (Å²) in [5.41, 5.74) is 0. The van der Waals surface area contributed by atoms with E-state index in [0.29, 0.717) is 0 Å². The Morgan fingerprint density at radius 3 is 0.529 bits per heavy atom. The lowest BCUT2D eigenvalue weighted by Gasteiger charge is -2.16. The van der Waals surface area contributed by atoms with Gasteiger partial charge in [-0.1, -0.05) is 202 Å². The summed E-state index contributed by atoms with van der Waals surface area (Å²) in [7, 11) is 6.92. The lowest BCUT2D eigenvalue weighted by atomic mass is 9.87. The highest BCUT2D eigenvalue weighted by Gasteiger charge is 2.16. The molecule has 1 N–H and O–H groups in total. The van der Waals surface area contributed by atoms with Crippen LogP contribution in [-0.4, -0.2) is 49.0 Å². The van der Waals surface area contributed by atoms with Crippen molar-refractivity contribution in [1.29, 1.82) is 0 Å². The molecule has 0 spiro atoms. The van der Waals surface area contributed by atoms with Crippen molar-refractivity contribution in [1.82, 2.24) is 0 Å². The fourth-order valence-electron chi connectivity index (χ4n) is 9.15. The molecule has 12 rings (SSSR count). The zero-order valence-corrected chi connectivity index (χ0v) is 37.8. The smallest absolute Gasteiger partial charge is 0.333 e. The zero-order valence-electron chi connectivity index (χ0n) is 38.8. The molecule has 348 valence electrons. The second-order valence-corrected chi connectivity index (χ2v) is 15.3. The van der Waals surface area contributed by atoms with E-state index >= 15 is 0 Å². The predicted octanol–water partition coefficient (Wildman–Crippen LogP) is 15.3. The first-order valence-electron chi connectivity index (χ1n) is 21.7. The summed E-state index contributed by atoms with van der Waals surface area (Å²) >= 11 is 0. The zero-order chi connectivity index (χ0) is 50.3. The average Bonchev–Trinajstić information content (AvgIpc) is 3.39. The highest BCUT2D eigenvalue weighted by atomic mass is 16.6. The molecule has 0 amide bonds. The Kier molecular flexibility index (Phi) is 17.3. The fourth-order valence-corrected chi connectivity index (χ4v) is 9.15. The van der Waals surface area contributed by atoms with Crippen LogP contribution in [0, 0.1) is 42.1 Å². The lowest BCUT2D eigenvalue weighted by Crippen LogP contribution is -1.87. The number of nitro groups is 3. The summed E-state index contributed by atoms with van der Waals surface area (Å²) < 4.78 is 5.47. The van der Waals surface area contributed by atoms with Crippen molar-refractivity contribution in [2.45, 2.75) is 7.43 Å². The van der Waals surface area contributed by atoms with Gasteiger partial charge in [0.15, 0.2) is 26.5 Å². The van der Waals surface area contributed by atoms with Crippen molar-refractivity contribution >= 4 is 116 Å². The molecule has 0 bridgehead atoms. The highest BCUT2D eigenvalue weighted by molar-refractivity contribution is 6.40. The SMILES string of the molecule is C.C[N+](=O)[O-].C[N+](=O)[O-].C[N+](=O)[O-].[2H]ON=O.[B][CH2-].c1ccc2c(c1)c1ccccc1c1c3ccccc3c3ccccc3c21.c1ccc2c(c1)c1ccccc1c1c3ccccc3c3ccccc3c21. The third-order valence-electron chi connectivity index (χ3n) is 11.2. The molecule has 0 saturated carbocycles. The first-order chi connectivity index (χ1) is 34.0. The van der Waals surface area contributed by atoms with E-state index in [4.69, 9.17) is 36.7 Å². The van der Waals surface area contributed by atoms with Crippen molar-refractivity contribution < 1.29 is 21.4 Å². The van der Waals surface area contributed by atoms with Crippen molar-refractivity contribution in [3.8, 4) is 0 Å². The summed E-state index contributed by atoms with van der Waals surface area (Å²) in [6.45, 7) is 2.75. The molecule has 70 heavy (non-hydrogen) atoms. The van der Waals surface area contributed by atoms with Gasteiger partial charge < -0.3 is 12.0 Å². The second kappa shape index (κ2) is 24.1. The quantitative estimate of drug-likeness (QED) is 0.0422. The Hall–Kier alpha value is -9.10. The maximum absolute atomic E-state index is 8.81. The molecule has 0 aliphatic rings. The third kappa shape index (κ3) is 10.9. The van der Waals surface area contributed by atoms with E-state index < -0.39 is 14.8 Å². The minimum Gasteiger partial charge on any atom is -0.382 e. The van der Waals surface area contributed by atoms with Crippen LogP contribution in [-0.2, 0) is 0 Å². The number of nitrogens with zero attached hydrogens (tertiary/aromatic N) is 4. The van der Waals surface area contributed by atoms with Crippen molar-refractivity contribution in [3.63, 3.8) is 0 Å². The van der Waals surface area contributed by atoms with Crippen LogP contribution in [0.5, 0.6) is 0 Å². The molecule has 2 radical (unpaired) electrons. The molecule has 12 aromatic carbocycles. The first-order valence-corrected chi connectivity index (χ1v) is 21.3. The maximum Gasteiger partial charge on any atom is 0.333 e. The molecule has 0 aromatic heterocycles. The van der Waals surface area contributed by atoms with E-state index in [1.54, 1.807) is 5.34 Å². The number of hydrogen-bond donors (Lipinski definition) is 1. The van der Waals surface area contributed by atoms with Gasteiger partial charge in [0.05, 0.1) is 0 Å². The van der Waals surface area contributed by atoms with Gasteiger partial charge in [-0.25, -0.2) is 0 Å². The van der Waals surface area contributed by atoms with E-state index in [2.05, 4.69) is 214 Å². The fraction of sp³-hybridized carbons (Fsp3) is 0.0702. The van der Waals surface area contributed by atoms with E-state index in [9.17, 15) is 0 Å². The molecular weight excluding hydrogens is 879 g/mol. The van der Waals surface area contributed by atoms with Crippen LogP contribution < -0.4 is 0 Å². The van der Waals surface area contributed by atoms with Gasteiger partial charge in [-0.15, -0.1) is 4.91 Å². The standard InChI is InChI=1S/2C26H16.CH2B.3CH3NO2.CH4.HNO2/c2*1-5-13-21-17(9-1)18-10-2-6-14-22(18)26-24-16-8-4-12-20(24)19-11-3-7-15-23(19)25(21)26;1-2;3*1-2(3)4;;2-1-3/h2*1-16H;1H2;3*1H3;1H4;(H,2,3)/q;;-1;;;;;/i/hD. The largest absolute Gasteiger partial charge is 0.382 e. The van der Waals surface area contributed by atoms with Crippen LogP contribution in [0.3, 0.4) is 0 Å². The van der Waals surface area contributed by atoms with Crippen LogP contribution >= 0.6 is 0 Å². The Morgan fingerprint density at radius 1 is 0.357 bits per heavy atom. The molecule has 0 heterocycles.